The van der Waals surface area contributed by atoms with Crippen molar-refractivity contribution in [3.05, 3.63) is 34.9 Å². The van der Waals surface area contributed by atoms with Gasteiger partial charge in [0.05, 0.1) is 0 Å². The molecule has 104 valence electrons. The molecule has 1 aromatic rings. The predicted octanol–water partition coefficient (Wildman–Crippen LogP) is 4.24. The molecule has 0 aromatic heterocycles. The molecule has 0 radical (unpaired) electrons. The van der Waals surface area contributed by atoms with Gasteiger partial charge in [0.25, 0.3) is 0 Å². The average molecular weight is 280 g/mol. The Kier molecular flexibility index (Phi) is 5.41. The largest absolute Gasteiger partial charge is 0.300 e. The first kappa shape index (κ1) is 14.5. The average Bonchev–Trinajstić information content (AvgIpc) is 2.64. The Morgan fingerprint density at radius 3 is 2.53 bits per heavy atom. The minimum absolute atomic E-state index is 0.189. The molecule has 3 heteroatoms. The molecule has 1 unspecified atom stereocenters. The third-order valence-corrected chi connectivity index (χ3v) is 4.03. The van der Waals surface area contributed by atoms with Crippen LogP contribution in [0.4, 0.5) is 0 Å². The summed E-state index contributed by atoms with van der Waals surface area (Å²) in [6.07, 6.45) is 5.65. The number of halogens is 1. The van der Waals surface area contributed by atoms with Crippen LogP contribution in [0, 0.1) is 0 Å². The smallest absolute Gasteiger partial charge is 0.131 e. The molecule has 0 N–H and O–H groups in total. The number of carbonyl (C=O) groups excluding carboxylic acids is 1. The fraction of sp³-hybridized carbons (Fsp3) is 0.562. The molecule has 1 fully saturated rings. The molecular formula is C16H22ClNO. The van der Waals surface area contributed by atoms with Crippen molar-refractivity contribution < 1.29 is 4.79 Å². The maximum absolute atomic E-state index is 11.6. The quantitative estimate of drug-likeness (QED) is 0.822. The van der Waals surface area contributed by atoms with E-state index in [1.165, 1.54) is 31.2 Å². The Morgan fingerprint density at radius 1 is 1.26 bits per heavy atom. The van der Waals surface area contributed by atoms with Crippen molar-refractivity contribution >= 4 is 17.4 Å². The maximum atomic E-state index is 11.6. The Labute approximate surface area is 120 Å². The number of hydrogen-bond donors (Lipinski definition) is 0. The zero-order chi connectivity index (χ0) is 13.7. The van der Waals surface area contributed by atoms with E-state index in [2.05, 4.69) is 11.0 Å². The SMILES string of the molecule is CC(=O)CC(c1cccc(Cl)c1)N1CCCCCC1. The van der Waals surface area contributed by atoms with Gasteiger partial charge in [0.1, 0.15) is 5.78 Å². The molecule has 2 nitrogen and oxygen atoms in total. The van der Waals surface area contributed by atoms with Gasteiger partial charge in [-0.2, -0.15) is 0 Å². The summed E-state index contributed by atoms with van der Waals surface area (Å²) < 4.78 is 0. The van der Waals surface area contributed by atoms with E-state index in [-0.39, 0.29) is 11.8 Å². The fourth-order valence-electron chi connectivity index (χ4n) is 2.85. The monoisotopic (exact) mass is 279 g/mol. The molecule has 0 spiro atoms. The van der Waals surface area contributed by atoms with Crippen molar-refractivity contribution in [2.75, 3.05) is 13.1 Å². The van der Waals surface area contributed by atoms with Crippen molar-refractivity contribution in [3.63, 3.8) is 0 Å². The number of ketones is 1. The van der Waals surface area contributed by atoms with Crippen LogP contribution in [0.5, 0.6) is 0 Å². The highest BCUT2D eigenvalue weighted by molar-refractivity contribution is 6.30. The van der Waals surface area contributed by atoms with E-state index in [4.69, 9.17) is 11.6 Å². The summed E-state index contributed by atoms with van der Waals surface area (Å²) in [6.45, 7) is 3.85. The van der Waals surface area contributed by atoms with Crippen LogP contribution in [0.3, 0.4) is 0 Å². The van der Waals surface area contributed by atoms with E-state index in [9.17, 15) is 4.79 Å². The molecule has 0 bridgehead atoms. The third-order valence-electron chi connectivity index (χ3n) is 3.80. The van der Waals surface area contributed by atoms with E-state index in [1.807, 2.05) is 18.2 Å². The highest BCUT2D eigenvalue weighted by Gasteiger charge is 2.22. The fourth-order valence-corrected chi connectivity index (χ4v) is 3.05. The second-order valence-electron chi connectivity index (χ2n) is 5.43. The van der Waals surface area contributed by atoms with E-state index in [1.54, 1.807) is 6.92 Å². The Hall–Kier alpha value is -0.860. The number of hydrogen-bond acceptors (Lipinski definition) is 2. The zero-order valence-corrected chi connectivity index (χ0v) is 12.3. The van der Waals surface area contributed by atoms with Gasteiger partial charge in [0.2, 0.25) is 0 Å². The topological polar surface area (TPSA) is 20.3 Å². The molecule has 2 rings (SSSR count). The highest BCUT2D eigenvalue weighted by atomic mass is 35.5. The highest BCUT2D eigenvalue weighted by Crippen LogP contribution is 2.29. The van der Waals surface area contributed by atoms with Gasteiger partial charge in [0, 0.05) is 17.5 Å². The van der Waals surface area contributed by atoms with Gasteiger partial charge in [-0.1, -0.05) is 36.6 Å². The standard InChI is InChI=1S/C16H22ClNO/c1-13(19)11-16(14-7-6-8-15(17)12-14)18-9-4-2-3-5-10-18/h6-8,12,16H,2-5,9-11H2,1H3. The van der Waals surface area contributed by atoms with Gasteiger partial charge < -0.3 is 0 Å². The summed E-state index contributed by atoms with van der Waals surface area (Å²) in [5.41, 5.74) is 1.17. The number of carbonyl (C=O) groups is 1. The summed E-state index contributed by atoms with van der Waals surface area (Å²) in [6, 6.07) is 8.14. The third kappa shape index (κ3) is 4.32. The van der Waals surface area contributed by atoms with Crippen molar-refractivity contribution in [1.82, 2.24) is 4.90 Å². The van der Waals surface area contributed by atoms with Crippen LogP contribution < -0.4 is 0 Å². The van der Waals surface area contributed by atoms with Gasteiger partial charge in [-0.3, -0.25) is 9.69 Å². The summed E-state index contributed by atoms with van der Waals surface area (Å²) in [4.78, 5) is 14.0. The van der Waals surface area contributed by atoms with Crippen molar-refractivity contribution in [2.24, 2.45) is 0 Å². The second kappa shape index (κ2) is 7.06. The normalized spacial score (nSPS) is 18.8. The Bertz CT molecular complexity index is 425. The lowest BCUT2D eigenvalue weighted by atomic mass is 9.99. The van der Waals surface area contributed by atoms with Crippen LogP contribution in [-0.4, -0.2) is 23.8 Å². The van der Waals surface area contributed by atoms with Crippen molar-refractivity contribution in [2.45, 2.75) is 45.1 Å². The van der Waals surface area contributed by atoms with Crippen LogP contribution >= 0.6 is 11.6 Å². The number of benzene rings is 1. The van der Waals surface area contributed by atoms with Gasteiger partial charge in [-0.05, 0) is 50.6 Å². The van der Waals surface area contributed by atoms with E-state index < -0.39 is 0 Å². The van der Waals surface area contributed by atoms with Gasteiger partial charge >= 0.3 is 0 Å². The minimum atomic E-state index is 0.189. The second-order valence-corrected chi connectivity index (χ2v) is 5.86. The van der Waals surface area contributed by atoms with Crippen LogP contribution in [0.25, 0.3) is 0 Å². The number of likely N-dealkylation sites (tertiary alicyclic amines) is 1. The molecule has 1 saturated heterocycles. The molecule has 1 atom stereocenters. The van der Waals surface area contributed by atoms with Crippen LogP contribution in [-0.2, 0) is 4.79 Å². The van der Waals surface area contributed by atoms with Crippen LogP contribution in [0.1, 0.15) is 50.6 Å². The van der Waals surface area contributed by atoms with Crippen molar-refractivity contribution in [1.29, 1.82) is 0 Å². The predicted molar refractivity (Wildman–Crippen MR) is 79.5 cm³/mol. The summed E-state index contributed by atoms with van der Waals surface area (Å²) >= 11 is 6.09. The number of Topliss-reactive ketones (excluding diaryl/α,β-unsaturated/α-hetero) is 1. The molecule has 19 heavy (non-hydrogen) atoms. The van der Waals surface area contributed by atoms with Crippen molar-refractivity contribution in [3.8, 4) is 0 Å². The first-order valence-corrected chi connectivity index (χ1v) is 7.53. The number of rotatable bonds is 4. The first-order chi connectivity index (χ1) is 9.16. The minimum Gasteiger partial charge on any atom is -0.300 e. The molecule has 0 aliphatic carbocycles. The Balaban J connectivity index is 2.21. The van der Waals surface area contributed by atoms with E-state index in [0.29, 0.717) is 6.42 Å². The summed E-state index contributed by atoms with van der Waals surface area (Å²) in [7, 11) is 0. The summed E-state index contributed by atoms with van der Waals surface area (Å²) in [5, 5.41) is 0.751. The molecule has 1 heterocycles. The molecular weight excluding hydrogens is 258 g/mol. The lowest BCUT2D eigenvalue weighted by Gasteiger charge is -2.30. The summed E-state index contributed by atoms with van der Waals surface area (Å²) in [5.74, 6) is 0.245. The number of nitrogens with zero attached hydrogens (tertiary/aromatic N) is 1. The molecule has 1 aromatic carbocycles. The van der Waals surface area contributed by atoms with Crippen LogP contribution in [0.2, 0.25) is 5.02 Å². The van der Waals surface area contributed by atoms with Gasteiger partial charge in [0.15, 0.2) is 0 Å². The maximum Gasteiger partial charge on any atom is 0.131 e. The molecule has 1 aliphatic rings. The lowest BCUT2D eigenvalue weighted by molar-refractivity contribution is -0.118. The van der Waals surface area contributed by atoms with Gasteiger partial charge in [-0.15, -0.1) is 0 Å². The zero-order valence-electron chi connectivity index (χ0n) is 11.6. The molecule has 0 amide bonds. The molecule has 1 aliphatic heterocycles. The first-order valence-electron chi connectivity index (χ1n) is 7.16. The van der Waals surface area contributed by atoms with E-state index in [0.717, 1.165) is 18.1 Å². The van der Waals surface area contributed by atoms with Gasteiger partial charge in [-0.25, -0.2) is 0 Å². The Morgan fingerprint density at radius 2 is 1.95 bits per heavy atom. The van der Waals surface area contributed by atoms with E-state index >= 15 is 0 Å². The lowest BCUT2D eigenvalue weighted by Crippen LogP contribution is -2.31. The van der Waals surface area contributed by atoms with Crippen LogP contribution in [0.15, 0.2) is 24.3 Å². The molecule has 0 saturated carbocycles.